The van der Waals surface area contributed by atoms with Crippen molar-refractivity contribution in [1.29, 1.82) is 0 Å². The van der Waals surface area contributed by atoms with E-state index >= 15 is 0 Å². The van der Waals surface area contributed by atoms with Gasteiger partial charge in [0.25, 0.3) is 0 Å². The molecule has 1 aliphatic heterocycles. The quantitative estimate of drug-likeness (QED) is 0.394. The van der Waals surface area contributed by atoms with E-state index in [9.17, 15) is 14.3 Å². The Labute approximate surface area is 165 Å². The van der Waals surface area contributed by atoms with Crippen LogP contribution < -0.4 is 5.73 Å². The minimum atomic E-state index is -1.36. The number of nitrogens with two attached hydrogens (primary N) is 1. The minimum Gasteiger partial charge on any atom is -0.480 e. The van der Waals surface area contributed by atoms with Crippen LogP contribution in [0.1, 0.15) is 43.2 Å². The van der Waals surface area contributed by atoms with Gasteiger partial charge in [0.05, 0.1) is 0 Å². The first-order valence-electron chi connectivity index (χ1n) is 10.2. The van der Waals surface area contributed by atoms with Crippen molar-refractivity contribution in [2.24, 2.45) is 11.7 Å². The number of nitrogens with zero attached hydrogens (tertiary/aromatic N) is 1. The van der Waals surface area contributed by atoms with Crippen LogP contribution in [0.3, 0.4) is 0 Å². The zero-order valence-electron chi connectivity index (χ0n) is 16.2. The molecular formula is C20H30BFN2O4. The van der Waals surface area contributed by atoms with Gasteiger partial charge < -0.3 is 20.9 Å². The molecule has 154 valence electrons. The van der Waals surface area contributed by atoms with E-state index in [-0.39, 0.29) is 18.1 Å². The smallest absolute Gasteiger partial charge is 0.451 e. The van der Waals surface area contributed by atoms with Gasteiger partial charge in [-0.15, -0.1) is 0 Å². The van der Waals surface area contributed by atoms with Crippen LogP contribution in [0.2, 0.25) is 6.32 Å². The topological polar surface area (TPSA) is 107 Å². The highest BCUT2D eigenvalue weighted by Crippen LogP contribution is 2.34. The normalized spacial score (nSPS) is 22.6. The first-order chi connectivity index (χ1) is 13.3. The molecule has 0 saturated carbocycles. The number of hydrogen-bond acceptors (Lipinski definition) is 5. The van der Waals surface area contributed by atoms with Gasteiger partial charge in [-0.25, -0.2) is 4.39 Å². The molecule has 2 aliphatic rings. The summed E-state index contributed by atoms with van der Waals surface area (Å²) in [6, 6.07) is 5.36. The Bertz CT molecular complexity index is 697. The highest BCUT2D eigenvalue weighted by Gasteiger charge is 2.43. The van der Waals surface area contributed by atoms with Crippen molar-refractivity contribution in [1.82, 2.24) is 4.90 Å². The van der Waals surface area contributed by atoms with Gasteiger partial charge in [0.15, 0.2) is 0 Å². The highest BCUT2D eigenvalue weighted by atomic mass is 19.1. The summed E-state index contributed by atoms with van der Waals surface area (Å²) in [6.07, 6.45) is 4.89. The Kier molecular flexibility index (Phi) is 6.75. The molecule has 1 aromatic rings. The van der Waals surface area contributed by atoms with Crippen molar-refractivity contribution in [3.63, 3.8) is 0 Å². The van der Waals surface area contributed by atoms with Gasteiger partial charge in [-0.2, -0.15) is 0 Å². The number of benzene rings is 1. The van der Waals surface area contributed by atoms with Crippen molar-refractivity contribution < 1.29 is 24.3 Å². The van der Waals surface area contributed by atoms with E-state index in [1.165, 1.54) is 11.6 Å². The molecule has 8 heteroatoms. The monoisotopic (exact) mass is 392 g/mol. The number of fused-ring (bicyclic) bond motifs is 1. The number of carboxylic acid groups (broad SMARTS) is 1. The van der Waals surface area contributed by atoms with E-state index in [0.29, 0.717) is 25.3 Å². The zero-order chi connectivity index (χ0) is 20.3. The van der Waals surface area contributed by atoms with Crippen molar-refractivity contribution in [2.45, 2.75) is 62.8 Å². The average molecular weight is 392 g/mol. The molecule has 0 bridgehead atoms. The summed E-state index contributed by atoms with van der Waals surface area (Å²) in [5.41, 5.74) is 7.35. The molecular weight excluding hydrogens is 362 g/mol. The molecule has 2 atom stereocenters. The van der Waals surface area contributed by atoms with Gasteiger partial charge >= 0.3 is 13.1 Å². The Morgan fingerprint density at radius 2 is 1.89 bits per heavy atom. The summed E-state index contributed by atoms with van der Waals surface area (Å²) >= 11 is 0. The third-order valence-corrected chi connectivity index (χ3v) is 6.55. The fraction of sp³-hybridized carbons (Fsp3) is 0.650. The molecule has 1 aliphatic carbocycles. The number of halogens is 1. The summed E-state index contributed by atoms with van der Waals surface area (Å²) in [7, 11) is -1.36. The molecule has 0 amide bonds. The van der Waals surface area contributed by atoms with Crippen molar-refractivity contribution in [3.05, 3.63) is 35.1 Å². The molecule has 1 fully saturated rings. The van der Waals surface area contributed by atoms with Gasteiger partial charge in [0.1, 0.15) is 11.4 Å². The molecule has 1 aromatic carbocycles. The fourth-order valence-electron chi connectivity index (χ4n) is 4.83. The summed E-state index contributed by atoms with van der Waals surface area (Å²) < 4.78 is 13.5. The minimum absolute atomic E-state index is 0.0958. The molecule has 0 aromatic heterocycles. The zero-order valence-corrected chi connectivity index (χ0v) is 16.2. The standard InChI is InChI=1S/C20H30BFN2O4/c22-17-4-3-14-12-18(13-15(14)11-17)24-9-5-16(6-10-24)20(23,19(25)26)7-1-2-8-21(27)28/h3-4,11,16,18,27-28H,1-2,5-10,12-13,23H2,(H,25,26). The van der Waals surface area contributed by atoms with Crippen molar-refractivity contribution in [3.8, 4) is 0 Å². The Hall–Kier alpha value is -1.48. The number of unbranched alkanes of at least 4 members (excludes halogenated alkanes) is 1. The first-order valence-corrected chi connectivity index (χ1v) is 10.2. The molecule has 5 N–H and O–H groups in total. The van der Waals surface area contributed by atoms with Gasteiger partial charge in [-0.05, 0) is 80.7 Å². The van der Waals surface area contributed by atoms with Gasteiger partial charge in [0, 0.05) is 6.04 Å². The average Bonchev–Trinajstić information content (AvgIpc) is 3.08. The van der Waals surface area contributed by atoms with Crippen LogP contribution in [-0.4, -0.2) is 57.8 Å². The van der Waals surface area contributed by atoms with E-state index in [2.05, 4.69) is 4.90 Å². The largest absolute Gasteiger partial charge is 0.480 e. The maximum absolute atomic E-state index is 13.5. The summed E-state index contributed by atoms with van der Waals surface area (Å²) in [5.74, 6) is -1.26. The van der Waals surface area contributed by atoms with E-state index in [0.717, 1.165) is 44.3 Å². The van der Waals surface area contributed by atoms with E-state index < -0.39 is 18.6 Å². The van der Waals surface area contributed by atoms with Crippen molar-refractivity contribution in [2.75, 3.05) is 13.1 Å². The number of hydrogen-bond donors (Lipinski definition) is 4. The lowest BCUT2D eigenvalue weighted by atomic mass is 9.74. The molecule has 1 heterocycles. The highest BCUT2D eigenvalue weighted by molar-refractivity contribution is 6.40. The van der Waals surface area contributed by atoms with E-state index in [4.69, 9.17) is 15.8 Å². The lowest BCUT2D eigenvalue weighted by Crippen LogP contribution is -2.57. The van der Waals surface area contributed by atoms with Crippen LogP contribution in [0, 0.1) is 11.7 Å². The van der Waals surface area contributed by atoms with Crippen molar-refractivity contribution >= 4 is 13.1 Å². The lowest BCUT2D eigenvalue weighted by molar-refractivity contribution is -0.147. The van der Waals surface area contributed by atoms with Crippen LogP contribution >= 0.6 is 0 Å². The van der Waals surface area contributed by atoms with Gasteiger partial charge in [-0.1, -0.05) is 18.9 Å². The summed E-state index contributed by atoms with van der Waals surface area (Å²) in [5, 5.41) is 27.6. The Morgan fingerprint density at radius 3 is 2.54 bits per heavy atom. The van der Waals surface area contributed by atoms with Crippen LogP contribution in [0.15, 0.2) is 18.2 Å². The second kappa shape index (κ2) is 8.90. The number of aliphatic carboxylic acids is 1. The summed E-state index contributed by atoms with van der Waals surface area (Å²) in [4.78, 5) is 14.3. The molecule has 6 nitrogen and oxygen atoms in total. The number of carbonyl (C=O) groups is 1. The Balaban J connectivity index is 1.54. The third kappa shape index (κ3) is 4.74. The van der Waals surface area contributed by atoms with Crippen LogP contribution in [-0.2, 0) is 17.6 Å². The fourth-order valence-corrected chi connectivity index (χ4v) is 4.83. The number of rotatable bonds is 8. The predicted octanol–water partition coefficient (Wildman–Crippen LogP) is 1.43. The maximum atomic E-state index is 13.5. The van der Waals surface area contributed by atoms with Crippen LogP contribution in [0.5, 0.6) is 0 Å². The second-order valence-corrected chi connectivity index (χ2v) is 8.36. The number of piperidine rings is 1. The molecule has 3 rings (SSSR count). The molecule has 28 heavy (non-hydrogen) atoms. The van der Waals surface area contributed by atoms with E-state index in [1.54, 1.807) is 6.07 Å². The summed E-state index contributed by atoms with van der Waals surface area (Å²) in [6.45, 7) is 1.60. The molecule has 1 saturated heterocycles. The van der Waals surface area contributed by atoms with E-state index in [1.807, 2.05) is 6.07 Å². The van der Waals surface area contributed by atoms with Crippen LogP contribution in [0.25, 0.3) is 0 Å². The Morgan fingerprint density at radius 1 is 1.21 bits per heavy atom. The SMILES string of the molecule is NC(CCCCB(O)O)(C(=O)O)C1CCN(C2Cc3ccc(F)cc3C2)CC1. The van der Waals surface area contributed by atoms with Crippen LogP contribution in [0.4, 0.5) is 4.39 Å². The predicted molar refractivity (Wildman–Crippen MR) is 105 cm³/mol. The van der Waals surface area contributed by atoms with Gasteiger partial charge in [0.2, 0.25) is 0 Å². The molecule has 2 unspecified atom stereocenters. The van der Waals surface area contributed by atoms with Gasteiger partial charge in [-0.3, -0.25) is 9.69 Å². The third-order valence-electron chi connectivity index (χ3n) is 6.55. The first kappa shape index (κ1) is 21.2. The lowest BCUT2D eigenvalue weighted by Gasteiger charge is -2.42. The number of likely N-dealkylation sites (tertiary alicyclic amines) is 1. The molecule has 0 radical (unpaired) electrons. The second-order valence-electron chi connectivity index (χ2n) is 8.36. The molecule has 0 spiro atoms. The number of carboxylic acids is 1. The maximum Gasteiger partial charge on any atom is 0.451 e.